The van der Waals surface area contributed by atoms with E-state index in [4.69, 9.17) is 15.7 Å². The molecule has 0 saturated carbocycles. The molecule has 0 spiro atoms. The summed E-state index contributed by atoms with van der Waals surface area (Å²) in [6.45, 7) is 1.93. The molecular weight excluding hydrogens is 272 g/mol. The summed E-state index contributed by atoms with van der Waals surface area (Å²) in [5, 5.41) is 11.4. The molecule has 0 amide bonds. The van der Waals surface area contributed by atoms with Crippen LogP contribution in [0.2, 0.25) is 0 Å². The molecule has 0 aliphatic carbocycles. The Morgan fingerprint density at radius 1 is 1.53 bits per heavy atom. The molecule has 0 aliphatic rings. The van der Waals surface area contributed by atoms with E-state index >= 15 is 0 Å². The Kier molecular flexibility index (Phi) is 4.95. The van der Waals surface area contributed by atoms with Crippen LogP contribution in [0.25, 0.3) is 0 Å². The predicted octanol–water partition coefficient (Wildman–Crippen LogP) is 0.0559. The van der Waals surface area contributed by atoms with E-state index in [2.05, 4.69) is 14.6 Å². The molecule has 1 rings (SSSR count). The highest BCUT2D eigenvalue weighted by molar-refractivity contribution is 7.90. The normalized spacial score (nSPS) is 12.2. The van der Waals surface area contributed by atoms with Gasteiger partial charge in [-0.15, -0.1) is 0 Å². The van der Waals surface area contributed by atoms with Crippen molar-refractivity contribution >= 4 is 21.7 Å². The summed E-state index contributed by atoms with van der Waals surface area (Å²) in [6, 6.07) is 4.42. The van der Waals surface area contributed by atoms with Crippen molar-refractivity contribution in [3.05, 3.63) is 23.8 Å². The molecule has 0 heterocycles. The number of nitrogens with zero attached hydrogens (tertiary/aromatic N) is 1. The van der Waals surface area contributed by atoms with Crippen LogP contribution >= 0.6 is 0 Å². The number of rotatable bonds is 6. The molecule has 9 heteroatoms. The third kappa shape index (κ3) is 4.00. The lowest BCUT2D eigenvalue weighted by Gasteiger charge is -2.12. The average Bonchev–Trinajstić information content (AvgIpc) is 2.37. The third-order valence-corrected chi connectivity index (χ3v) is 3.34. The lowest BCUT2D eigenvalue weighted by Crippen LogP contribution is -2.30. The highest BCUT2D eigenvalue weighted by Crippen LogP contribution is 2.26. The van der Waals surface area contributed by atoms with Crippen LogP contribution in [-0.2, 0) is 10.2 Å². The van der Waals surface area contributed by atoms with Gasteiger partial charge < -0.3 is 15.7 Å². The van der Waals surface area contributed by atoms with Gasteiger partial charge in [-0.3, -0.25) is 4.72 Å². The van der Waals surface area contributed by atoms with Crippen LogP contribution < -0.4 is 19.9 Å². The van der Waals surface area contributed by atoms with Gasteiger partial charge in [0.15, 0.2) is 5.84 Å². The minimum Gasteiger partial charge on any atom is -0.495 e. The quantitative estimate of drug-likeness (QED) is 0.255. The zero-order valence-corrected chi connectivity index (χ0v) is 11.4. The lowest BCUT2D eigenvalue weighted by atomic mass is 10.2. The topological polar surface area (TPSA) is 126 Å². The van der Waals surface area contributed by atoms with E-state index in [1.54, 1.807) is 6.92 Å². The standard InChI is InChI=1S/C10H16N4O4S/c1-3-12-19(16,17)14-8-5-4-7(10(11)13-15)6-9(8)18-2/h4-6,12,14-15H,3H2,1-2H3,(H2,11,13). The second kappa shape index (κ2) is 6.25. The van der Waals surface area contributed by atoms with Crippen LogP contribution in [0.4, 0.5) is 5.69 Å². The van der Waals surface area contributed by atoms with Crippen LogP contribution in [0, 0.1) is 0 Å². The number of hydrogen-bond donors (Lipinski definition) is 4. The molecule has 0 unspecified atom stereocenters. The largest absolute Gasteiger partial charge is 0.495 e. The Labute approximate surface area is 111 Å². The fraction of sp³-hybridized carbons (Fsp3) is 0.300. The predicted molar refractivity (Wildman–Crippen MR) is 71.7 cm³/mol. The van der Waals surface area contributed by atoms with Gasteiger partial charge in [-0.05, 0) is 18.2 Å². The third-order valence-electron chi connectivity index (χ3n) is 2.18. The van der Waals surface area contributed by atoms with Crippen LogP contribution in [0.15, 0.2) is 23.4 Å². The van der Waals surface area contributed by atoms with Crippen molar-refractivity contribution in [3.63, 3.8) is 0 Å². The first kappa shape index (κ1) is 15.1. The minimum absolute atomic E-state index is 0.0978. The Balaban J connectivity index is 3.10. The van der Waals surface area contributed by atoms with Gasteiger partial charge in [-0.1, -0.05) is 12.1 Å². The Morgan fingerprint density at radius 2 is 2.21 bits per heavy atom. The molecule has 0 fully saturated rings. The molecule has 0 radical (unpaired) electrons. The Hall–Kier alpha value is -2.00. The van der Waals surface area contributed by atoms with Crippen molar-refractivity contribution in [2.24, 2.45) is 10.9 Å². The number of ether oxygens (including phenoxy) is 1. The van der Waals surface area contributed by atoms with Crippen molar-refractivity contribution < 1.29 is 18.4 Å². The van der Waals surface area contributed by atoms with Crippen molar-refractivity contribution in [3.8, 4) is 5.75 Å². The van der Waals surface area contributed by atoms with Gasteiger partial charge in [0.25, 0.3) is 10.2 Å². The van der Waals surface area contributed by atoms with E-state index in [-0.39, 0.29) is 23.8 Å². The van der Waals surface area contributed by atoms with E-state index in [1.807, 2.05) is 0 Å². The van der Waals surface area contributed by atoms with E-state index in [1.165, 1.54) is 25.3 Å². The van der Waals surface area contributed by atoms with Crippen molar-refractivity contribution in [1.29, 1.82) is 0 Å². The summed E-state index contributed by atoms with van der Waals surface area (Å²) in [7, 11) is -2.26. The highest BCUT2D eigenvalue weighted by Gasteiger charge is 2.13. The molecule has 0 aromatic heterocycles. The summed E-state index contributed by atoms with van der Waals surface area (Å²) in [6.07, 6.45) is 0. The summed E-state index contributed by atoms with van der Waals surface area (Å²) in [5.41, 5.74) is 6.09. The zero-order chi connectivity index (χ0) is 14.5. The van der Waals surface area contributed by atoms with Gasteiger partial charge in [-0.25, -0.2) is 0 Å². The van der Waals surface area contributed by atoms with Crippen LogP contribution in [0.3, 0.4) is 0 Å². The molecule has 106 valence electrons. The number of nitrogens with two attached hydrogens (primary N) is 1. The molecule has 0 aliphatic heterocycles. The molecule has 1 aromatic rings. The number of nitrogens with one attached hydrogen (secondary N) is 2. The number of oxime groups is 1. The fourth-order valence-corrected chi connectivity index (χ4v) is 2.27. The number of benzene rings is 1. The first-order valence-electron chi connectivity index (χ1n) is 5.36. The Bertz CT molecular complexity index is 571. The first-order chi connectivity index (χ1) is 8.93. The molecular formula is C10H16N4O4S. The average molecular weight is 288 g/mol. The molecule has 19 heavy (non-hydrogen) atoms. The number of anilines is 1. The zero-order valence-electron chi connectivity index (χ0n) is 10.5. The lowest BCUT2D eigenvalue weighted by molar-refractivity contribution is 0.318. The van der Waals surface area contributed by atoms with Gasteiger partial charge in [0.05, 0.1) is 12.8 Å². The van der Waals surface area contributed by atoms with Gasteiger partial charge in [-0.2, -0.15) is 13.1 Å². The van der Waals surface area contributed by atoms with Crippen LogP contribution in [0.1, 0.15) is 12.5 Å². The van der Waals surface area contributed by atoms with Crippen LogP contribution in [0.5, 0.6) is 5.75 Å². The van der Waals surface area contributed by atoms with Crippen molar-refractivity contribution in [1.82, 2.24) is 4.72 Å². The maximum Gasteiger partial charge on any atom is 0.299 e. The molecule has 8 nitrogen and oxygen atoms in total. The van der Waals surface area contributed by atoms with Crippen molar-refractivity contribution in [2.45, 2.75) is 6.92 Å². The molecule has 5 N–H and O–H groups in total. The number of amidine groups is 1. The molecule has 0 saturated heterocycles. The molecule has 0 atom stereocenters. The molecule has 0 bridgehead atoms. The van der Waals surface area contributed by atoms with Gasteiger partial charge in [0.2, 0.25) is 0 Å². The number of hydrogen-bond acceptors (Lipinski definition) is 5. The van der Waals surface area contributed by atoms with E-state index < -0.39 is 10.2 Å². The summed E-state index contributed by atoms with van der Waals surface area (Å²) >= 11 is 0. The fourth-order valence-electron chi connectivity index (χ4n) is 1.36. The maximum absolute atomic E-state index is 11.6. The maximum atomic E-state index is 11.6. The van der Waals surface area contributed by atoms with E-state index in [0.29, 0.717) is 5.56 Å². The van der Waals surface area contributed by atoms with E-state index in [0.717, 1.165) is 0 Å². The van der Waals surface area contributed by atoms with Gasteiger partial charge in [0, 0.05) is 12.1 Å². The van der Waals surface area contributed by atoms with Gasteiger partial charge in [0.1, 0.15) is 5.75 Å². The van der Waals surface area contributed by atoms with Crippen molar-refractivity contribution in [2.75, 3.05) is 18.4 Å². The second-order valence-corrected chi connectivity index (χ2v) is 5.00. The smallest absolute Gasteiger partial charge is 0.299 e. The SMILES string of the molecule is CCNS(=O)(=O)Nc1ccc(/C(N)=N/O)cc1OC. The second-order valence-electron chi connectivity index (χ2n) is 3.50. The summed E-state index contributed by atoms with van der Waals surface area (Å²) < 4.78 is 32.8. The monoisotopic (exact) mass is 288 g/mol. The Morgan fingerprint density at radius 3 is 2.74 bits per heavy atom. The highest BCUT2D eigenvalue weighted by atomic mass is 32.2. The first-order valence-corrected chi connectivity index (χ1v) is 6.85. The van der Waals surface area contributed by atoms with Gasteiger partial charge >= 0.3 is 0 Å². The van der Waals surface area contributed by atoms with E-state index in [9.17, 15) is 8.42 Å². The number of methoxy groups -OCH3 is 1. The minimum atomic E-state index is -3.65. The summed E-state index contributed by atoms with van der Waals surface area (Å²) in [4.78, 5) is 0. The summed E-state index contributed by atoms with van der Waals surface area (Å²) in [5.74, 6) is 0.157. The van der Waals surface area contributed by atoms with Crippen LogP contribution in [-0.4, -0.2) is 33.1 Å². The molecule has 1 aromatic carbocycles.